The van der Waals surface area contributed by atoms with Gasteiger partial charge in [-0.05, 0) is 30.3 Å². The van der Waals surface area contributed by atoms with E-state index in [9.17, 15) is 21.6 Å². The minimum Gasteiger partial charge on any atom is -0.380 e. The number of fused-ring (bicyclic) bond motifs is 1. The molecule has 1 heterocycles. The van der Waals surface area contributed by atoms with Crippen molar-refractivity contribution in [3.63, 3.8) is 0 Å². The zero-order chi connectivity index (χ0) is 18.7. The van der Waals surface area contributed by atoms with Crippen LogP contribution in [0, 0.1) is 23.2 Å². The molecule has 0 radical (unpaired) electrons. The van der Waals surface area contributed by atoms with Crippen LogP contribution in [0.3, 0.4) is 0 Å². The van der Waals surface area contributed by atoms with Gasteiger partial charge in [0.1, 0.15) is 5.76 Å². The molecule has 0 N–H and O–H groups in total. The second-order valence-corrected chi connectivity index (χ2v) is 9.21. The molecule has 0 unspecified atom stereocenters. The van der Waals surface area contributed by atoms with E-state index in [1.54, 1.807) is 13.0 Å². The molecule has 0 aromatic rings. The van der Waals surface area contributed by atoms with Crippen molar-refractivity contribution in [1.82, 2.24) is 0 Å². The van der Waals surface area contributed by atoms with Crippen LogP contribution in [-0.4, -0.2) is 32.9 Å². The predicted octanol–water partition coefficient (Wildman–Crippen LogP) is 3.57. The summed E-state index contributed by atoms with van der Waals surface area (Å²) in [5.74, 6) is -0.883. The van der Waals surface area contributed by atoms with Gasteiger partial charge in [-0.15, -0.1) is 0 Å². The highest BCUT2D eigenvalue weighted by atomic mass is 32.2. The van der Waals surface area contributed by atoms with Crippen molar-refractivity contribution in [3.8, 4) is 0 Å². The minimum absolute atomic E-state index is 0.0960. The summed E-state index contributed by atoms with van der Waals surface area (Å²) in [7, 11) is -5.68. The summed E-state index contributed by atoms with van der Waals surface area (Å²) in [6.07, 6.45) is 3.02. The van der Waals surface area contributed by atoms with Gasteiger partial charge in [-0.3, -0.25) is 0 Å². The molecule has 1 spiro atoms. The zero-order valence-electron chi connectivity index (χ0n) is 14.4. The topological polar surface area (TPSA) is 61.8 Å². The summed E-state index contributed by atoms with van der Waals surface area (Å²) in [5, 5.41) is 0. The number of halogens is 3. The van der Waals surface area contributed by atoms with Gasteiger partial charge in [-0.25, -0.2) is 0 Å². The second kappa shape index (κ2) is 5.85. The Morgan fingerprint density at radius 2 is 1.84 bits per heavy atom. The third-order valence-corrected chi connectivity index (χ3v) is 6.78. The predicted molar refractivity (Wildman–Crippen MR) is 82.6 cm³/mol. The van der Waals surface area contributed by atoms with E-state index < -0.39 is 26.8 Å². The Morgan fingerprint density at radius 1 is 1.24 bits per heavy atom. The quantitative estimate of drug-likeness (QED) is 0.550. The van der Waals surface area contributed by atoms with Crippen LogP contribution in [0.15, 0.2) is 11.8 Å². The maximum Gasteiger partial charge on any atom is 0.534 e. The zero-order valence-corrected chi connectivity index (χ0v) is 15.2. The first-order valence-corrected chi connectivity index (χ1v) is 9.82. The normalized spacial score (nSPS) is 35.1. The molecular weight excluding hydrogens is 361 g/mol. The summed E-state index contributed by atoms with van der Waals surface area (Å²) >= 11 is 0. The van der Waals surface area contributed by atoms with Gasteiger partial charge in [0.15, 0.2) is 5.79 Å². The van der Waals surface area contributed by atoms with E-state index >= 15 is 0 Å². The largest absolute Gasteiger partial charge is 0.534 e. The number of alkyl halides is 3. The highest BCUT2D eigenvalue weighted by Crippen LogP contribution is 2.60. The van der Waals surface area contributed by atoms with Gasteiger partial charge < -0.3 is 13.7 Å². The lowest BCUT2D eigenvalue weighted by atomic mass is 9.63. The maximum atomic E-state index is 12.8. The highest BCUT2D eigenvalue weighted by Gasteiger charge is 2.59. The number of hydrogen-bond acceptors (Lipinski definition) is 5. The Morgan fingerprint density at radius 3 is 2.36 bits per heavy atom. The summed E-state index contributed by atoms with van der Waals surface area (Å²) in [6.45, 7) is 6.68. The number of allylic oxidation sites excluding steroid dienone is 2. The van der Waals surface area contributed by atoms with Crippen LogP contribution in [0.4, 0.5) is 13.2 Å². The summed E-state index contributed by atoms with van der Waals surface area (Å²) in [5.41, 5.74) is -6.23. The molecule has 9 heteroatoms. The van der Waals surface area contributed by atoms with Crippen molar-refractivity contribution in [2.24, 2.45) is 23.2 Å². The molecule has 0 amide bonds. The summed E-state index contributed by atoms with van der Waals surface area (Å²) in [6, 6.07) is 0. The first-order valence-electron chi connectivity index (χ1n) is 8.41. The minimum atomic E-state index is -5.68. The molecule has 3 aliphatic rings. The molecule has 3 rings (SSSR count). The molecule has 1 saturated heterocycles. The molecule has 144 valence electrons. The van der Waals surface area contributed by atoms with Gasteiger partial charge >= 0.3 is 15.6 Å². The Bertz CT molecular complexity index is 664. The molecule has 5 nitrogen and oxygen atoms in total. The first-order chi connectivity index (χ1) is 11.4. The Hall–Kier alpha value is -0.800. The van der Waals surface area contributed by atoms with Crippen molar-refractivity contribution in [2.45, 2.75) is 51.3 Å². The van der Waals surface area contributed by atoms with Gasteiger partial charge in [0.2, 0.25) is 0 Å². The van der Waals surface area contributed by atoms with E-state index in [1.807, 2.05) is 13.8 Å². The molecule has 0 aromatic carbocycles. The smallest absolute Gasteiger partial charge is 0.380 e. The number of ether oxygens (including phenoxy) is 2. The molecule has 1 aliphatic heterocycles. The van der Waals surface area contributed by atoms with E-state index in [1.165, 1.54) is 0 Å². The summed E-state index contributed by atoms with van der Waals surface area (Å²) in [4.78, 5) is 0. The lowest BCUT2D eigenvalue weighted by molar-refractivity contribution is -0.206. The Balaban J connectivity index is 1.92. The van der Waals surface area contributed by atoms with Crippen LogP contribution in [-0.2, 0) is 23.8 Å². The highest BCUT2D eigenvalue weighted by molar-refractivity contribution is 7.87. The molecular formula is C16H23F3O5S. The fourth-order valence-corrected chi connectivity index (χ4v) is 4.93. The Labute approximate surface area is 145 Å². The van der Waals surface area contributed by atoms with Crippen molar-refractivity contribution < 1.29 is 35.2 Å². The first kappa shape index (κ1) is 19.0. The van der Waals surface area contributed by atoms with Gasteiger partial charge in [0.05, 0.1) is 13.2 Å². The van der Waals surface area contributed by atoms with Crippen LogP contribution in [0.5, 0.6) is 0 Å². The van der Waals surface area contributed by atoms with Gasteiger partial charge in [0, 0.05) is 18.3 Å². The lowest BCUT2D eigenvalue weighted by Gasteiger charge is -2.47. The Kier molecular flexibility index (Phi) is 4.44. The van der Waals surface area contributed by atoms with Crippen molar-refractivity contribution >= 4 is 10.1 Å². The molecule has 2 fully saturated rings. The van der Waals surface area contributed by atoms with Crippen LogP contribution in [0.1, 0.15) is 40.0 Å². The van der Waals surface area contributed by atoms with Crippen LogP contribution in [0.2, 0.25) is 0 Å². The number of rotatable bonds is 3. The van der Waals surface area contributed by atoms with Crippen molar-refractivity contribution in [1.29, 1.82) is 0 Å². The molecule has 2 aliphatic carbocycles. The monoisotopic (exact) mass is 384 g/mol. The molecule has 25 heavy (non-hydrogen) atoms. The van der Waals surface area contributed by atoms with Gasteiger partial charge in [-0.1, -0.05) is 20.8 Å². The maximum absolute atomic E-state index is 12.8. The van der Waals surface area contributed by atoms with E-state index in [-0.39, 0.29) is 23.5 Å². The van der Waals surface area contributed by atoms with Crippen LogP contribution >= 0.6 is 0 Å². The molecule has 1 saturated carbocycles. The fourth-order valence-electron chi connectivity index (χ4n) is 4.35. The standard InChI is InChI=1S/C16H23F3O5S/c1-10(2)11-8-13(24-25(20,21)16(17,18)19)14(3)4-5-15(9-12(11)14)22-6-7-23-15/h8,10-12H,4-7,9H2,1-3H3/t11-,12-,14+/m1/s1. The third-order valence-electron chi connectivity index (χ3n) is 5.81. The van der Waals surface area contributed by atoms with Crippen LogP contribution < -0.4 is 0 Å². The molecule has 3 atom stereocenters. The van der Waals surface area contributed by atoms with Gasteiger partial charge in [-0.2, -0.15) is 21.6 Å². The third kappa shape index (κ3) is 3.08. The summed E-state index contributed by atoms with van der Waals surface area (Å²) < 4.78 is 77.4. The molecule has 0 bridgehead atoms. The van der Waals surface area contributed by atoms with Crippen molar-refractivity contribution in [3.05, 3.63) is 11.8 Å². The average molecular weight is 384 g/mol. The van der Waals surface area contributed by atoms with E-state index in [2.05, 4.69) is 4.18 Å². The number of hydrogen-bond donors (Lipinski definition) is 0. The molecule has 0 aromatic heterocycles. The SMILES string of the molecule is CC(C)[C@H]1C=C(OS(=O)(=O)C(F)(F)F)[C@@]2(C)CCC3(C[C@H]12)OCCO3. The van der Waals surface area contributed by atoms with E-state index in [0.29, 0.717) is 32.5 Å². The van der Waals surface area contributed by atoms with Crippen LogP contribution in [0.25, 0.3) is 0 Å². The van der Waals surface area contributed by atoms with Gasteiger partial charge in [0.25, 0.3) is 0 Å². The lowest BCUT2D eigenvalue weighted by Crippen LogP contribution is -2.46. The van der Waals surface area contributed by atoms with E-state index in [0.717, 1.165) is 0 Å². The van der Waals surface area contributed by atoms with E-state index in [4.69, 9.17) is 9.47 Å². The average Bonchev–Trinajstić information content (AvgIpc) is 3.03. The fraction of sp³-hybridized carbons (Fsp3) is 0.875. The second-order valence-electron chi connectivity index (χ2n) is 7.67. The van der Waals surface area contributed by atoms with Crippen molar-refractivity contribution in [2.75, 3.05) is 13.2 Å².